The van der Waals surface area contributed by atoms with Gasteiger partial charge in [0.25, 0.3) is 0 Å². The minimum atomic E-state index is -0.00356. The van der Waals surface area contributed by atoms with Gasteiger partial charge < -0.3 is 9.80 Å². The molecule has 0 radical (unpaired) electrons. The molecule has 2 aliphatic heterocycles. The topological polar surface area (TPSA) is 60.2 Å². The van der Waals surface area contributed by atoms with Gasteiger partial charge in [-0.2, -0.15) is 5.26 Å². The van der Waals surface area contributed by atoms with E-state index in [1.54, 1.807) is 12.1 Å². The van der Waals surface area contributed by atoms with Crippen LogP contribution in [0.1, 0.15) is 24.1 Å². The molecule has 2 fully saturated rings. The lowest BCUT2D eigenvalue weighted by Gasteiger charge is -2.24. The smallest absolute Gasteiger partial charge is 0.227 e. The number of amides is 1. The number of pyridine rings is 1. The average Bonchev–Trinajstić information content (AvgIpc) is 3.18. The van der Waals surface area contributed by atoms with E-state index in [4.69, 9.17) is 5.26 Å². The number of hydrogen-bond donors (Lipinski definition) is 0. The second-order valence-electron chi connectivity index (χ2n) is 7.12. The molecule has 1 spiro atoms. The molecule has 2 aromatic rings. The normalized spacial score (nSPS) is 22.6. The van der Waals surface area contributed by atoms with Gasteiger partial charge in [-0.1, -0.05) is 6.07 Å². The summed E-state index contributed by atoms with van der Waals surface area (Å²) in [6.45, 7) is 4.54. The summed E-state index contributed by atoms with van der Waals surface area (Å²) in [5.41, 5.74) is 2.51. The Morgan fingerprint density at radius 2 is 1.96 bits per heavy atom. The molecular weight excluding hydrogens is 312 g/mol. The lowest BCUT2D eigenvalue weighted by Crippen LogP contribution is -2.31. The van der Waals surface area contributed by atoms with Crippen LogP contribution in [0.15, 0.2) is 42.5 Å². The highest BCUT2D eigenvalue weighted by Gasteiger charge is 2.48. The van der Waals surface area contributed by atoms with Crippen LogP contribution in [0, 0.1) is 23.7 Å². The summed E-state index contributed by atoms with van der Waals surface area (Å²) in [5, 5.41) is 8.93. The van der Waals surface area contributed by atoms with Gasteiger partial charge in [0.05, 0.1) is 11.6 Å². The van der Waals surface area contributed by atoms with Crippen LogP contribution in [0.2, 0.25) is 0 Å². The molecule has 0 saturated carbocycles. The Bertz CT molecular complexity index is 855. The van der Waals surface area contributed by atoms with E-state index in [-0.39, 0.29) is 11.3 Å². The van der Waals surface area contributed by atoms with Crippen LogP contribution in [0.3, 0.4) is 0 Å². The van der Waals surface area contributed by atoms with Gasteiger partial charge in [0.1, 0.15) is 5.82 Å². The van der Waals surface area contributed by atoms with Crippen molar-refractivity contribution in [1.29, 1.82) is 5.26 Å². The molecule has 0 N–H and O–H groups in total. The molecule has 0 bridgehead atoms. The van der Waals surface area contributed by atoms with Crippen LogP contribution in [0.5, 0.6) is 0 Å². The Morgan fingerprint density at radius 3 is 2.68 bits per heavy atom. The second kappa shape index (κ2) is 5.89. The predicted molar refractivity (Wildman–Crippen MR) is 96.4 cm³/mol. The van der Waals surface area contributed by atoms with Gasteiger partial charge >= 0.3 is 0 Å². The molecule has 2 aliphatic rings. The van der Waals surface area contributed by atoms with E-state index in [1.165, 1.54) is 0 Å². The van der Waals surface area contributed by atoms with Crippen LogP contribution in [-0.2, 0) is 4.79 Å². The van der Waals surface area contributed by atoms with E-state index >= 15 is 0 Å². The SMILES string of the molecule is Cc1cccc(N2CCC3(CC(=O)N(c4ccc(C#N)cc4)C3)C2)n1. The Kier molecular flexibility index (Phi) is 3.69. The molecule has 4 rings (SSSR count). The van der Waals surface area contributed by atoms with Crippen LogP contribution in [-0.4, -0.2) is 30.5 Å². The standard InChI is InChI=1S/C20H20N4O/c1-15-3-2-4-18(22-15)23-10-9-20(13-23)11-19(25)24(14-20)17-7-5-16(12-21)6-8-17/h2-8H,9-11,13-14H2,1H3. The molecule has 0 aliphatic carbocycles. The maximum absolute atomic E-state index is 12.6. The molecule has 3 heterocycles. The summed E-state index contributed by atoms with van der Waals surface area (Å²) >= 11 is 0. The molecule has 5 nitrogen and oxygen atoms in total. The summed E-state index contributed by atoms with van der Waals surface area (Å²) in [6, 6.07) is 15.5. The van der Waals surface area contributed by atoms with Gasteiger partial charge in [0.2, 0.25) is 5.91 Å². The third-order valence-electron chi connectivity index (χ3n) is 5.26. The Balaban J connectivity index is 1.52. The van der Waals surface area contributed by atoms with Gasteiger partial charge in [-0.25, -0.2) is 4.98 Å². The summed E-state index contributed by atoms with van der Waals surface area (Å²) in [6.07, 6.45) is 1.58. The number of nitriles is 1. The first kappa shape index (κ1) is 15.6. The summed E-state index contributed by atoms with van der Waals surface area (Å²) < 4.78 is 0. The van der Waals surface area contributed by atoms with Crippen molar-refractivity contribution in [3.05, 3.63) is 53.7 Å². The molecule has 1 aromatic carbocycles. The van der Waals surface area contributed by atoms with Gasteiger partial charge in [-0.05, 0) is 49.7 Å². The van der Waals surface area contributed by atoms with E-state index < -0.39 is 0 Å². The number of aryl methyl sites for hydroxylation is 1. The third kappa shape index (κ3) is 2.85. The number of aromatic nitrogens is 1. The van der Waals surface area contributed by atoms with E-state index in [0.717, 1.165) is 43.3 Å². The number of nitrogens with zero attached hydrogens (tertiary/aromatic N) is 4. The second-order valence-corrected chi connectivity index (χ2v) is 7.12. The number of rotatable bonds is 2. The Labute approximate surface area is 147 Å². The van der Waals surface area contributed by atoms with Gasteiger partial charge in [0, 0.05) is 42.9 Å². The fourth-order valence-electron chi connectivity index (χ4n) is 3.96. The highest BCUT2D eigenvalue weighted by molar-refractivity contribution is 5.96. The fourth-order valence-corrected chi connectivity index (χ4v) is 3.96. The van der Waals surface area contributed by atoms with Crippen molar-refractivity contribution in [2.45, 2.75) is 19.8 Å². The van der Waals surface area contributed by atoms with Crippen molar-refractivity contribution in [3.63, 3.8) is 0 Å². The first-order valence-electron chi connectivity index (χ1n) is 8.58. The minimum absolute atomic E-state index is 0.00356. The van der Waals surface area contributed by atoms with E-state index in [1.807, 2.05) is 42.2 Å². The predicted octanol–water partition coefficient (Wildman–Crippen LogP) is 2.90. The highest BCUT2D eigenvalue weighted by atomic mass is 16.2. The number of anilines is 2. The van der Waals surface area contributed by atoms with E-state index in [9.17, 15) is 4.79 Å². The zero-order chi connectivity index (χ0) is 17.4. The lowest BCUT2D eigenvalue weighted by atomic mass is 9.86. The number of hydrogen-bond acceptors (Lipinski definition) is 4. The quantitative estimate of drug-likeness (QED) is 0.848. The third-order valence-corrected chi connectivity index (χ3v) is 5.26. The van der Waals surface area contributed by atoms with Gasteiger partial charge in [-0.15, -0.1) is 0 Å². The van der Waals surface area contributed by atoms with Crippen LogP contribution in [0.25, 0.3) is 0 Å². The zero-order valence-electron chi connectivity index (χ0n) is 14.3. The molecule has 1 aromatic heterocycles. The van der Waals surface area contributed by atoms with Gasteiger partial charge in [0.15, 0.2) is 0 Å². The summed E-state index contributed by atoms with van der Waals surface area (Å²) in [5.74, 6) is 1.17. The molecule has 1 amide bonds. The van der Waals surface area contributed by atoms with Crippen molar-refractivity contribution in [2.75, 3.05) is 29.4 Å². The number of benzene rings is 1. The maximum Gasteiger partial charge on any atom is 0.227 e. The van der Waals surface area contributed by atoms with Crippen molar-refractivity contribution in [3.8, 4) is 6.07 Å². The molecule has 126 valence electrons. The van der Waals surface area contributed by atoms with E-state index in [2.05, 4.69) is 16.0 Å². The average molecular weight is 332 g/mol. The largest absolute Gasteiger partial charge is 0.356 e. The summed E-state index contributed by atoms with van der Waals surface area (Å²) in [7, 11) is 0. The van der Waals surface area contributed by atoms with Crippen LogP contribution >= 0.6 is 0 Å². The van der Waals surface area contributed by atoms with Crippen LogP contribution < -0.4 is 9.80 Å². The van der Waals surface area contributed by atoms with Crippen molar-refractivity contribution < 1.29 is 4.79 Å². The summed E-state index contributed by atoms with van der Waals surface area (Å²) in [4.78, 5) is 21.4. The monoisotopic (exact) mass is 332 g/mol. The first-order valence-corrected chi connectivity index (χ1v) is 8.58. The fraction of sp³-hybridized carbons (Fsp3) is 0.350. The van der Waals surface area contributed by atoms with Crippen molar-refractivity contribution in [1.82, 2.24) is 4.98 Å². The molecule has 1 atom stereocenters. The minimum Gasteiger partial charge on any atom is -0.356 e. The van der Waals surface area contributed by atoms with Crippen LogP contribution in [0.4, 0.5) is 11.5 Å². The Hall–Kier alpha value is -2.87. The first-order chi connectivity index (χ1) is 12.1. The lowest BCUT2D eigenvalue weighted by molar-refractivity contribution is -0.117. The molecule has 5 heteroatoms. The highest BCUT2D eigenvalue weighted by Crippen LogP contribution is 2.42. The molecular formula is C20H20N4O. The Morgan fingerprint density at radius 1 is 1.16 bits per heavy atom. The van der Waals surface area contributed by atoms with E-state index in [0.29, 0.717) is 12.0 Å². The van der Waals surface area contributed by atoms with Gasteiger partial charge in [-0.3, -0.25) is 4.79 Å². The van der Waals surface area contributed by atoms with Crippen molar-refractivity contribution in [2.24, 2.45) is 5.41 Å². The molecule has 25 heavy (non-hydrogen) atoms. The zero-order valence-corrected chi connectivity index (χ0v) is 14.3. The molecule has 2 saturated heterocycles. The number of carbonyl (C=O) groups is 1. The van der Waals surface area contributed by atoms with Crippen molar-refractivity contribution >= 4 is 17.4 Å². The molecule has 1 unspecified atom stereocenters. The number of carbonyl (C=O) groups excluding carboxylic acids is 1. The maximum atomic E-state index is 12.6.